The van der Waals surface area contributed by atoms with Crippen molar-refractivity contribution in [3.05, 3.63) is 57.0 Å². The van der Waals surface area contributed by atoms with Gasteiger partial charge in [-0.3, -0.25) is 0 Å². The van der Waals surface area contributed by atoms with E-state index in [1.807, 2.05) is 17.5 Å². The van der Waals surface area contributed by atoms with Gasteiger partial charge in [-0.25, -0.2) is 4.39 Å². The third-order valence-electron chi connectivity index (χ3n) is 2.30. The Hall–Kier alpha value is -0.380. The lowest BCUT2D eigenvalue weighted by atomic mass is 10.1. The maximum absolute atomic E-state index is 13.6. The SMILES string of the molecule is Fc1cccc(Cl)c1CC(Br)c1cccs1. The molecule has 1 unspecified atom stereocenters. The largest absolute Gasteiger partial charge is 0.207 e. The van der Waals surface area contributed by atoms with E-state index in [0.29, 0.717) is 17.0 Å². The first-order chi connectivity index (χ1) is 7.68. The van der Waals surface area contributed by atoms with Crippen molar-refractivity contribution in [2.75, 3.05) is 0 Å². The molecular weight excluding hydrogens is 311 g/mol. The van der Waals surface area contributed by atoms with Gasteiger partial charge in [0.2, 0.25) is 0 Å². The number of hydrogen-bond donors (Lipinski definition) is 0. The molecule has 0 nitrogen and oxygen atoms in total. The monoisotopic (exact) mass is 318 g/mol. The van der Waals surface area contributed by atoms with E-state index in [9.17, 15) is 4.39 Å². The van der Waals surface area contributed by atoms with Crippen molar-refractivity contribution in [2.45, 2.75) is 11.2 Å². The Kier molecular flexibility index (Phi) is 4.00. The molecule has 0 saturated carbocycles. The summed E-state index contributed by atoms with van der Waals surface area (Å²) in [7, 11) is 0. The molecule has 1 aromatic heterocycles. The molecule has 0 N–H and O–H groups in total. The van der Waals surface area contributed by atoms with Crippen LogP contribution >= 0.6 is 38.9 Å². The van der Waals surface area contributed by atoms with Crippen molar-refractivity contribution in [3.8, 4) is 0 Å². The van der Waals surface area contributed by atoms with Gasteiger partial charge in [0.25, 0.3) is 0 Å². The predicted molar refractivity (Wildman–Crippen MR) is 71.1 cm³/mol. The molecule has 0 aliphatic rings. The highest BCUT2D eigenvalue weighted by atomic mass is 79.9. The second kappa shape index (κ2) is 5.30. The normalized spacial score (nSPS) is 12.7. The molecule has 2 rings (SSSR count). The third-order valence-corrected chi connectivity index (χ3v) is 4.76. The molecular formula is C12H9BrClFS. The fourth-order valence-corrected chi connectivity index (χ4v) is 3.22. The molecule has 0 saturated heterocycles. The lowest BCUT2D eigenvalue weighted by Crippen LogP contribution is -1.97. The zero-order valence-corrected chi connectivity index (χ0v) is 11.4. The van der Waals surface area contributed by atoms with Crippen LogP contribution in [0.4, 0.5) is 4.39 Å². The van der Waals surface area contributed by atoms with Crippen LogP contribution in [0, 0.1) is 5.82 Å². The summed E-state index contributed by atoms with van der Waals surface area (Å²) in [6.45, 7) is 0. The maximum atomic E-state index is 13.6. The highest BCUT2D eigenvalue weighted by Crippen LogP contribution is 2.33. The van der Waals surface area contributed by atoms with Gasteiger partial charge < -0.3 is 0 Å². The molecule has 2 aromatic rings. The standard InChI is InChI=1S/C12H9BrClFS/c13-9(12-5-2-6-16-12)7-8-10(14)3-1-4-11(8)15/h1-6,9H,7H2. The number of rotatable bonds is 3. The molecule has 0 fully saturated rings. The quantitative estimate of drug-likeness (QED) is 0.680. The minimum Gasteiger partial charge on any atom is -0.207 e. The Labute approximate surface area is 111 Å². The van der Waals surface area contributed by atoms with E-state index in [1.165, 1.54) is 10.9 Å². The van der Waals surface area contributed by atoms with Crippen molar-refractivity contribution >= 4 is 38.9 Å². The van der Waals surface area contributed by atoms with Crippen LogP contribution in [0.3, 0.4) is 0 Å². The number of benzene rings is 1. The fourth-order valence-electron chi connectivity index (χ4n) is 1.48. The lowest BCUT2D eigenvalue weighted by Gasteiger charge is -2.10. The Balaban J connectivity index is 2.21. The molecule has 0 radical (unpaired) electrons. The summed E-state index contributed by atoms with van der Waals surface area (Å²) >= 11 is 11.2. The summed E-state index contributed by atoms with van der Waals surface area (Å²) in [5, 5.41) is 2.49. The summed E-state index contributed by atoms with van der Waals surface area (Å²) < 4.78 is 13.6. The van der Waals surface area contributed by atoms with Gasteiger partial charge in [0, 0.05) is 15.5 Å². The molecule has 1 atom stereocenters. The zero-order chi connectivity index (χ0) is 11.5. The zero-order valence-electron chi connectivity index (χ0n) is 8.29. The summed E-state index contributed by atoms with van der Waals surface area (Å²) in [4.78, 5) is 1.29. The van der Waals surface area contributed by atoms with Crippen LogP contribution in [0.15, 0.2) is 35.7 Å². The van der Waals surface area contributed by atoms with E-state index in [0.717, 1.165) is 0 Å². The molecule has 0 amide bonds. The molecule has 4 heteroatoms. The van der Waals surface area contributed by atoms with Crippen LogP contribution in [-0.4, -0.2) is 0 Å². The molecule has 0 aliphatic heterocycles. The van der Waals surface area contributed by atoms with Gasteiger partial charge in [0.1, 0.15) is 5.82 Å². The van der Waals surface area contributed by atoms with Crippen LogP contribution in [0.1, 0.15) is 15.3 Å². The van der Waals surface area contributed by atoms with Crippen LogP contribution in [-0.2, 0) is 6.42 Å². The number of thiophene rings is 1. The third kappa shape index (κ3) is 2.65. The van der Waals surface area contributed by atoms with E-state index in [-0.39, 0.29) is 10.6 Å². The maximum Gasteiger partial charge on any atom is 0.127 e. The van der Waals surface area contributed by atoms with Crippen LogP contribution < -0.4 is 0 Å². The molecule has 1 heterocycles. The molecule has 0 spiro atoms. The van der Waals surface area contributed by atoms with E-state index < -0.39 is 0 Å². The van der Waals surface area contributed by atoms with Crippen LogP contribution in [0.25, 0.3) is 0 Å². The Morgan fingerprint density at radius 3 is 2.75 bits per heavy atom. The lowest BCUT2D eigenvalue weighted by molar-refractivity contribution is 0.609. The Morgan fingerprint density at radius 1 is 1.31 bits per heavy atom. The van der Waals surface area contributed by atoms with Gasteiger partial charge >= 0.3 is 0 Å². The van der Waals surface area contributed by atoms with Crippen molar-refractivity contribution in [1.82, 2.24) is 0 Å². The van der Waals surface area contributed by atoms with Gasteiger partial charge in [-0.05, 0) is 30.0 Å². The summed E-state index contributed by atoms with van der Waals surface area (Å²) in [6, 6.07) is 8.79. The van der Waals surface area contributed by atoms with Crippen molar-refractivity contribution < 1.29 is 4.39 Å². The van der Waals surface area contributed by atoms with Gasteiger partial charge in [-0.1, -0.05) is 39.7 Å². The molecule has 16 heavy (non-hydrogen) atoms. The number of halogens is 3. The second-order valence-corrected chi connectivity index (χ2v) is 5.88. The van der Waals surface area contributed by atoms with Gasteiger partial charge in [0.15, 0.2) is 0 Å². The molecule has 84 valence electrons. The molecule has 0 aliphatic carbocycles. The minimum absolute atomic E-state index is 0.113. The highest BCUT2D eigenvalue weighted by molar-refractivity contribution is 9.09. The smallest absolute Gasteiger partial charge is 0.127 e. The van der Waals surface area contributed by atoms with Gasteiger partial charge in [-0.15, -0.1) is 11.3 Å². The van der Waals surface area contributed by atoms with Crippen molar-refractivity contribution in [2.24, 2.45) is 0 Å². The van der Waals surface area contributed by atoms with E-state index in [4.69, 9.17) is 11.6 Å². The van der Waals surface area contributed by atoms with Crippen LogP contribution in [0.2, 0.25) is 5.02 Å². The topological polar surface area (TPSA) is 0 Å². The number of hydrogen-bond acceptors (Lipinski definition) is 1. The average molecular weight is 320 g/mol. The summed E-state index contributed by atoms with van der Waals surface area (Å²) in [5.41, 5.74) is 0.569. The van der Waals surface area contributed by atoms with Crippen molar-refractivity contribution in [3.63, 3.8) is 0 Å². The summed E-state index contributed by atoms with van der Waals surface area (Å²) in [5.74, 6) is -0.242. The average Bonchev–Trinajstić information content (AvgIpc) is 2.76. The van der Waals surface area contributed by atoms with E-state index in [2.05, 4.69) is 15.9 Å². The van der Waals surface area contributed by atoms with Crippen LogP contribution in [0.5, 0.6) is 0 Å². The van der Waals surface area contributed by atoms with Gasteiger partial charge in [-0.2, -0.15) is 0 Å². The second-order valence-electron chi connectivity index (χ2n) is 3.39. The molecule has 1 aromatic carbocycles. The predicted octanol–water partition coefficient (Wildman–Crippen LogP) is 5.22. The summed E-state index contributed by atoms with van der Waals surface area (Å²) in [6.07, 6.45) is 0.562. The Bertz CT molecular complexity index is 450. The highest BCUT2D eigenvalue weighted by Gasteiger charge is 2.14. The first-order valence-electron chi connectivity index (χ1n) is 4.79. The van der Waals surface area contributed by atoms with Gasteiger partial charge in [0.05, 0.1) is 4.83 Å². The fraction of sp³-hybridized carbons (Fsp3) is 0.167. The van der Waals surface area contributed by atoms with E-state index >= 15 is 0 Å². The van der Waals surface area contributed by atoms with E-state index in [1.54, 1.807) is 23.5 Å². The first kappa shape index (κ1) is 12.1. The first-order valence-corrected chi connectivity index (χ1v) is 6.96. The molecule has 0 bridgehead atoms. The minimum atomic E-state index is -0.242. The Morgan fingerprint density at radius 2 is 2.12 bits per heavy atom. The number of alkyl halides is 1. The van der Waals surface area contributed by atoms with Crippen molar-refractivity contribution in [1.29, 1.82) is 0 Å².